The number of carbonyl (C=O) groups is 1. The first-order chi connectivity index (χ1) is 11.2. The van der Waals surface area contributed by atoms with Crippen molar-refractivity contribution in [3.8, 4) is 0 Å². The molecule has 1 N–H and O–H groups in total. The minimum atomic E-state index is -0.617. The van der Waals surface area contributed by atoms with Crippen LogP contribution < -0.4 is 5.32 Å². The molecule has 0 spiro atoms. The van der Waals surface area contributed by atoms with Crippen molar-refractivity contribution in [2.75, 3.05) is 5.32 Å². The van der Waals surface area contributed by atoms with Crippen LogP contribution in [-0.4, -0.2) is 21.0 Å². The summed E-state index contributed by atoms with van der Waals surface area (Å²) in [5.41, 5.74) is 0.906. The Hall–Kier alpha value is -2.21. The molecule has 3 rings (SSSR count). The molecule has 23 heavy (non-hydrogen) atoms. The van der Waals surface area contributed by atoms with E-state index in [-0.39, 0.29) is 23.8 Å². The molecule has 1 fully saturated rings. The van der Waals surface area contributed by atoms with Gasteiger partial charge in [0.2, 0.25) is 11.2 Å². The molecule has 0 radical (unpaired) electrons. The smallest absolute Gasteiger partial charge is 0.414 e. The van der Waals surface area contributed by atoms with Gasteiger partial charge in [0, 0.05) is 5.92 Å². The maximum absolute atomic E-state index is 11.9. The van der Waals surface area contributed by atoms with Gasteiger partial charge in [-0.3, -0.25) is 5.32 Å². The molecule has 1 heterocycles. The predicted molar refractivity (Wildman–Crippen MR) is 86.3 cm³/mol. The lowest BCUT2D eigenvalue weighted by Crippen LogP contribution is -2.17. The van der Waals surface area contributed by atoms with Gasteiger partial charge in [0.05, 0.1) is 0 Å². The normalized spacial score (nSPS) is 14.7. The van der Waals surface area contributed by atoms with Crippen LogP contribution in [0.3, 0.4) is 0 Å². The second-order valence-electron chi connectivity index (χ2n) is 5.45. The number of anilines is 1. The number of halogens is 1. The highest BCUT2D eigenvalue weighted by Gasteiger charge is 2.21. The van der Waals surface area contributed by atoms with E-state index in [9.17, 15) is 4.79 Å². The van der Waals surface area contributed by atoms with E-state index in [0.29, 0.717) is 5.82 Å². The summed E-state index contributed by atoms with van der Waals surface area (Å²) in [4.78, 5) is 24.2. The summed E-state index contributed by atoms with van der Waals surface area (Å²) in [7, 11) is 0. The summed E-state index contributed by atoms with van der Waals surface area (Å²) in [6, 6.07) is 9.43. The predicted octanol–water partition coefficient (Wildman–Crippen LogP) is 3.93. The van der Waals surface area contributed by atoms with Gasteiger partial charge in [0.1, 0.15) is 12.4 Å². The first kappa shape index (κ1) is 15.7. The van der Waals surface area contributed by atoms with Crippen LogP contribution >= 0.6 is 11.6 Å². The highest BCUT2D eigenvalue weighted by Crippen LogP contribution is 2.32. The second-order valence-corrected chi connectivity index (χ2v) is 5.79. The number of nitrogens with zero attached hydrogens (tertiary/aromatic N) is 3. The van der Waals surface area contributed by atoms with Gasteiger partial charge in [-0.05, 0) is 30.0 Å². The quantitative estimate of drug-likeness (QED) is 0.917. The van der Waals surface area contributed by atoms with E-state index in [0.717, 1.165) is 31.2 Å². The maximum atomic E-state index is 11.9. The third-order valence-corrected chi connectivity index (χ3v) is 3.94. The number of ether oxygens (including phenoxy) is 1. The Labute approximate surface area is 139 Å². The van der Waals surface area contributed by atoms with Crippen molar-refractivity contribution in [3.63, 3.8) is 0 Å². The fourth-order valence-electron chi connectivity index (χ4n) is 2.64. The Bertz CT molecular complexity index is 675. The summed E-state index contributed by atoms with van der Waals surface area (Å²) in [5, 5.41) is 2.59. The van der Waals surface area contributed by atoms with Crippen molar-refractivity contribution in [2.24, 2.45) is 0 Å². The Kier molecular flexibility index (Phi) is 5.02. The lowest BCUT2D eigenvalue weighted by molar-refractivity contribution is 0.155. The number of amides is 1. The van der Waals surface area contributed by atoms with Gasteiger partial charge in [-0.15, -0.1) is 0 Å². The van der Waals surface area contributed by atoms with E-state index in [1.54, 1.807) is 0 Å². The van der Waals surface area contributed by atoms with E-state index in [2.05, 4.69) is 20.3 Å². The molecule has 1 aromatic heterocycles. The van der Waals surface area contributed by atoms with E-state index < -0.39 is 6.09 Å². The molecule has 1 amide bonds. The molecule has 7 heteroatoms. The molecule has 0 saturated heterocycles. The minimum Gasteiger partial charge on any atom is -0.444 e. The molecule has 0 atom stereocenters. The SMILES string of the molecule is O=C(Nc1nc(Cl)nc(C2CCCC2)n1)OCc1ccccc1. The van der Waals surface area contributed by atoms with Crippen molar-refractivity contribution in [3.05, 3.63) is 47.0 Å². The maximum Gasteiger partial charge on any atom is 0.414 e. The number of hydrogen-bond donors (Lipinski definition) is 1. The fourth-order valence-corrected chi connectivity index (χ4v) is 2.81. The van der Waals surface area contributed by atoms with Crippen LogP contribution in [0.25, 0.3) is 0 Å². The molecule has 2 aromatic rings. The molecule has 1 aromatic carbocycles. The number of hydrogen-bond acceptors (Lipinski definition) is 5. The first-order valence-corrected chi connectivity index (χ1v) is 7.97. The van der Waals surface area contributed by atoms with Crippen molar-refractivity contribution in [1.82, 2.24) is 15.0 Å². The Balaban J connectivity index is 1.61. The van der Waals surface area contributed by atoms with Gasteiger partial charge >= 0.3 is 6.09 Å². The fraction of sp³-hybridized carbons (Fsp3) is 0.375. The Morgan fingerprint density at radius 2 is 1.91 bits per heavy atom. The summed E-state index contributed by atoms with van der Waals surface area (Å²) in [6.45, 7) is 0.182. The summed E-state index contributed by atoms with van der Waals surface area (Å²) in [5.74, 6) is 1.06. The van der Waals surface area contributed by atoms with Gasteiger partial charge in [0.25, 0.3) is 0 Å². The minimum absolute atomic E-state index is 0.0836. The van der Waals surface area contributed by atoms with Gasteiger partial charge in [-0.2, -0.15) is 9.97 Å². The van der Waals surface area contributed by atoms with E-state index in [1.165, 1.54) is 0 Å². The number of benzene rings is 1. The molecule has 1 aliphatic rings. The van der Waals surface area contributed by atoms with Crippen molar-refractivity contribution in [1.29, 1.82) is 0 Å². The molecule has 6 nitrogen and oxygen atoms in total. The van der Waals surface area contributed by atoms with E-state index in [1.807, 2.05) is 30.3 Å². The highest BCUT2D eigenvalue weighted by atomic mass is 35.5. The van der Waals surface area contributed by atoms with Crippen molar-refractivity contribution in [2.45, 2.75) is 38.2 Å². The van der Waals surface area contributed by atoms with Crippen LogP contribution in [0.4, 0.5) is 10.7 Å². The van der Waals surface area contributed by atoms with Crippen LogP contribution in [0.2, 0.25) is 5.28 Å². The van der Waals surface area contributed by atoms with Crippen LogP contribution in [0, 0.1) is 0 Å². The Morgan fingerprint density at radius 1 is 1.17 bits per heavy atom. The second kappa shape index (κ2) is 7.37. The van der Waals surface area contributed by atoms with Crippen LogP contribution in [0.5, 0.6) is 0 Å². The zero-order valence-corrected chi connectivity index (χ0v) is 13.3. The van der Waals surface area contributed by atoms with Crippen LogP contribution in [0.15, 0.2) is 30.3 Å². The van der Waals surface area contributed by atoms with Crippen molar-refractivity contribution < 1.29 is 9.53 Å². The average Bonchev–Trinajstić information content (AvgIpc) is 3.08. The van der Waals surface area contributed by atoms with Gasteiger partial charge in [-0.25, -0.2) is 9.78 Å². The van der Waals surface area contributed by atoms with E-state index >= 15 is 0 Å². The molecule has 120 valence electrons. The van der Waals surface area contributed by atoms with Gasteiger partial charge < -0.3 is 4.74 Å². The third-order valence-electron chi connectivity index (χ3n) is 3.77. The Morgan fingerprint density at radius 3 is 2.65 bits per heavy atom. The van der Waals surface area contributed by atoms with Gasteiger partial charge in [-0.1, -0.05) is 43.2 Å². The van der Waals surface area contributed by atoms with Crippen LogP contribution in [-0.2, 0) is 11.3 Å². The largest absolute Gasteiger partial charge is 0.444 e. The summed E-state index contributed by atoms with van der Waals surface area (Å²) in [6.07, 6.45) is 3.79. The topological polar surface area (TPSA) is 77.0 Å². The highest BCUT2D eigenvalue weighted by molar-refractivity contribution is 6.28. The molecule has 1 saturated carbocycles. The third kappa shape index (κ3) is 4.39. The summed E-state index contributed by atoms with van der Waals surface area (Å²) < 4.78 is 5.14. The average molecular weight is 333 g/mol. The van der Waals surface area contributed by atoms with Gasteiger partial charge in [0.15, 0.2) is 0 Å². The first-order valence-electron chi connectivity index (χ1n) is 7.60. The molecule has 0 bridgehead atoms. The molecule has 0 unspecified atom stereocenters. The molecule has 0 aliphatic heterocycles. The van der Waals surface area contributed by atoms with Crippen molar-refractivity contribution >= 4 is 23.6 Å². The lowest BCUT2D eigenvalue weighted by Gasteiger charge is -2.10. The molecule has 1 aliphatic carbocycles. The monoisotopic (exact) mass is 332 g/mol. The molecular weight excluding hydrogens is 316 g/mol. The number of carbonyl (C=O) groups excluding carboxylic acids is 1. The zero-order chi connectivity index (χ0) is 16.1. The lowest BCUT2D eigenvalue weighted by atomic mass is 10.1. The van der Waals surface area contributed by atoms with E-state index in [4.69, 9.17) is 16.3 Å². The summed E-state index contributed by atoms with van der Waals surface area (Å²) >= 11 is 5.93. The molecular formula is C16H17ClN4O2. The van der Waals surface area contributed by atoms with Crippen LogP contribution in [0.1, 0.15) is 43.0 Å². The number of nitrogens with one attached hydrogen (secondary N) is 1. The number of aromatic nitrogens is 3. The number of rotatable bonds is 4. The standard InChI is InChI=1S/C16H17ClN4O2/c17-14-18-13(12-8-4-5-9-12)19-15(20-14)21-16(22)23-10-11-6-2-1-3-7-11/h1-3,6-7,12H,4-5,8-10H2,(H,18,19,20,21,22). The zero-order valence-electron chi connectivity index (χ0n) is 12.5.